The van der Waals surface area contributed by atoms with Gasteiger partial charge in [0.25, 0.3) is 0 Å². The van der Waals surface area contributed by atoms with Crippen molar-refractivity contribution in [3.8, 4) is 0 Å². The molecule has 9 heteroatoms. The first-order valence-corrected chi connectivity index (χ1v) is 32.1. The van der Waals surface area contributed by atoms with Crippen LogP contribution in [0.15, 0.2) is 36.5 Å². The van der Waals surface area contributed by atoms with Crippen LogP contribution in [0.5, 0.6) is 0 Å². The van der Waals surface area contributed by atoms with Crippen molar-refractivity contribution >= 4 is 17.9 Å². The first-order valence-electron chi connectivity index (χ1n) is 32.1. The van der Waals surface area contributed by atoms with Gasteiger partial charge in [0.05, 0.1) is 40.3 Å². The molecule has 2 atom stereocenters. The van der Waals surface area contributed by atoms with Gasteiger partial charge in [-0.05, 0) is 70.6 Å². The number of ether oxygens (including phenoxy) is 4. The number of quaternary nitrogens is 1. The van der Waals surface area contributed by atoms with Crippen LogP contribution in [-0.4, -0.2) is 82.3 Å². The van der Waals surface area contributed by atoms with E-state index in [-0.39, 0.29) is 32.2 Å². The van der Waals surface area contributed by atoms with E-state index in [1.54, 1.807) is 0 Å². The molecule has 0 aromatic carbocycles. The molecule has 0 amide bonds. The van der Waals surface area contributed by atoms with Crippen molar-refractivity contribution in [2.24, 2.45) is 0 Å². The fourth-order valence-electron chi connectivity index (χ4n) is 9.39. The predicted octanol–water partition coefficient (Wildman–Crippen LogP) is 17.9. The number of carbonyl (C=O) groups is 3. The van der Waals surface area contributed by atoms with Crippen LogP contribution >= 0.6 is 0 Å². The lowest BCUT2D eigenvalue weighted by Gasteiger charge is -2.26. The zero-order valence-corrected chi connectivity index (χ0v) is 50.2. The second-order valence-corrected chi connectivity index (χ2v) is 23.0. The molecule has 0 fully saturated rings. The highest BCUT2D eigenvalue weighted by molar-refractivity contribution is 5.70. The molecule has 2 unspecified atom stereocenters. The molecular formula is C66H123NO8. The number of aliphatic carboxylic acids is 1. The Labute approximate surface area is 464 Å². The summed E-state index contributed by atoms with van der Waals surface area (Å²) in [6, 6.07) is 0. The number of likely N-dealkylation sites (N-methyl/N-ethyl adjacent to an activating group) is 1. The minimum atomic E-state index is -1.62. The van der Waals surface area contributed by atoms with Gasteiger partial charge in [0.2, 0.25) is 0 Å². The SMILES string of the molecule is CCCCCCC/C=C\C/C=C\CCCCCCCCCCCCCCCCCCCCCC(=O)OC(COC(=O)CCCCCCCCCCC/C=C\CCCCCCCC)COC(OCC[N+](C)(C)C)C(=O)[O-]. The summed E-state index contributed by atoms with van der Waals surface area (Å²) in [4.78, 5) is 37.4. The smallest absolute Gasteiger partial charge is 0.306 e. The molecule has 0 bridgehead atoms. The number of nitrogens with zero attached hydrogens (tertiary/aromatic N) is 1. The van der Waals surface area contributed by atoms with E-state index in [1.807, 2.05) is 21.1 Å². The third-order valence-electron chi connectivity index (χ3n) is 14.4. The third kappa shape index (κ3) is 59.0. The molecule has 0 spiro atoms. The highest BCUT2D eigenvalue weighted by Crippen LogP contribution is 2.17. The summed E-state index contributed by atoms with van der Waals surface area (Å²) >= 11 is 0. The van der Waals surface area contributed by atoms with Crippen molar-refractivity contribution < 1.29 is 42.9 Å². The van der Waals surface area contributed by atoms with Gasteiger partial charge < -0.3 is 33.3 Å². The first kappa shape index (κ1) is 72.5. The summed E-state index contributed by atoms with van der Waals surface area (Å²) in [6.07, 6.45) is 67.8. The zero-order valence-electron chi connectivity index (χ0n) is 50.2. The van der Waals surface area contributed by atoms with E-state index in [0.29, 0.717) is 23.9 Å². The minimum absolute atomic E-state index is 0.149. The number of carboxylic acids is 1. The van der Waals surface area contributed by atoms with Gasteiger partial charge >= 0.3 is 11.9 Å². The second kappa shape index (κ2) is 57.7. The lowest BCUT2D eigenvalue weighted by atomic mass is 10.0. The largest absolute Gasteiger partial charge is 0.545 e. The highest BCUT2D eigenvalue weighted by Gasteiger charge is 2.22. The molecule has 0 radical (unpaired) electrons. The van der Waals surface area contributed by atoms with Gasteiger partial charge in [0, 0.05) is 12.8 Å². The number of esters is 2. The number of carbonyl (C=O) groups excluding carboxylic acids is 3. The number of hydrogen-bond donors (Lipinski definition) is 0. The van der Waals surface area contributed by atoms with Gasteiger partial charge in [-0.2, -0.15) is 0 Å². The van der Waals surface area contributed by atoms with Crippen LogP contribution < -0.4 is 5.11 Å². The minimum Gasteiger partial charge on any atom is -0.545 e. The molecule has 440 valence electrons. The Kier molecular flexibility index (Phi) is 55.8. The van der Waals surface area contributed by atoms with Gasteiger partial charge in [-0.25, -0.2) is 0 Å². The van der Waals surface area contributed by atoms with Crippen molar-refractivity contribution in [1.82, 2.24) is 0 Å². The molecule has 9 nitrogen and oxygen atoms in total. The van der Waals surface area contributed by atoms with Crippen LogP contribution in [0.4, 0.5) is 0 Å². The molecule has 0 rings (SSSR count). The third-order valence-corrected chi connectivity index (χ3v) is 14.4. The van der Waals surface area contributed by atoms with Crippen molar-refractivity contribution in [3.05, 3.63) is 36.5 Å². The maximum absolute atomic E-state index is 12.9. The molecule has 0 N–H and O–H groups in total. The first-order chi connectivity index (χ1) is 36.6. The lowest BCUT2D eigenvalue weighted by molar-refractivity contribution is -0.870. The van der Waals surface area contributed by atoms with Crippen molar-refractivity contribution in [2.75, 3.05) is 47.5 Å². The van der Waals surface area contributed by atoms with Crippen LogP contribution in [0.2, 0.25) is 0 Å². The Morgan fingerprint density at radius 3 is 1.07 bits per heavy atom. The molecule has 75 heavy (non-hydrogen) atoms. The summed E-state index contributed by atoms with van der Waals surface area (Å²) in [5.74, 6) is -2.26. The maximum Gasteiger partial charge on any atom is 0.306 e. The van der Waals surface area contributed by atoms with Gasteiger partial charge in [0.1, 0.15) is 13.2 Å². The topological polar surface area (TPSA) is 111 Å². The van der Waals surface area contributed by atoms with Crippen LogP contribution in [0.3, 0.4) is 0 Å². The highest BCUT2D eigenvalue weighted by atomic mass is 16.7. The second-order valence-electron chi connectivity index (χ2n) is 23.0. The van der Waals surface area contributed by atoms with Crippen LogP contribution in [0.1, 0.15) is 309 Å². The van der Waals surface area contributed by atoms with E-state index in [1.165, 1.54) is 238 Å². The Morgan fingerprint density at radius 1 is 0.400 bits per heavy atom. The van der Waals surface area contributed by atoms with E-state index >= 15 is 0 Å². The summed E-state index contributed by atoms with van der Waals surface area (Å²) in [6.45, 7) is 4.78. The monoisotopic (exact) mass is 1060 g/mol. The average molecular weight is 1060 g/mol. The Bertz CT molecular complexity index is 1320. The fraction of sp³-hybridized carbons (Fsp3) is 0.864. The van der Waals surface area contributed by atoms with Gasteiger partial charge in [0.15, 0.2) is 12.4 Å². The summed E-state index contributed by atoms with van der Waals surface area (Å²) in [7, 11) is 5.93. The summed E-state index contributed by atoms with van der Waals surface area (Å²) in [5, 5.41) is 11.8. The van der Waals surface area contributed by atoms with Crippen molar-refractivity contribution in [2.45, 2.75) is 322 Å². The molecule has 0 heterocycles. The van der Waals surface area contributed by atoms with E-state index in [0.717, 1.165) is 38.5 Å². The normalized spacial score (nSPS) is 12.9. The van der Waals surface area contributed by atoms with Gasteiger partial charge in [-0.3, -0.25) is 9.59 Å². The maximum atomic E-state index is 12.9. The molecule has 0 aliphatic heterocycles. The number of hydrogen-bond acceptors (Lipinski definition) is 8. The van der Waals surface area contributed by atoms with E-state index in [2.05, 4.69) is 50.3 Å². The molecule has 0 saturated heterocycles. The number of unbranched alkanes of at least 4 members (excludes halogenated alkanes) is 39. The Morgan fingerprint density at radius 2 is 0.720 bits per heavy atom. The fourth-order valence-corrected chi connectivity index (χ4v) is 9.39. The molecule has 0 aliphatic rings. The van der Waals surface area contributed by atoms with Gasteiger partial charge in [-0.15, -0.1) is 0 Å². The predicted molar refractivity (Wildman–Crippen MR) is 316 cm³/mol. The molecule has 0 saturated carbocycles. The number of rotatable bonds is 60. The Hall–Kier alpha value is -2.49. The van der Waals surface area contributed by atoms with Crippen molar-refractivity contribution in [3.63, 3.8) is 0 Å². The molecule has 0 aliphatic carbocycles. The molecule has 0 aromatic rings. The molecular weight excluding hydrogens is 935 g/mol. The molecule has 0 aromatic heterocycles. The van der Waals surface area contributed by atoms with Crippen LogP contribution in [-0.2, 0) is 33.3 Å². The van der Waals surface area contributed by atoms with Crippen LogP contribution in [0.25, 0.3) is 0 Å². The van der Waals surface area contributed by atoms with Crippen molar-refractivity contribution in [1.29, 1.82) is 0 Å². The summed E-state index contributed by atoms with van der Waals surface area (Å²) in [5.41, 5.74) is 0. The van der Waals surface area contributed by atoms with Gasteiger partial charge in [-0.1, -0.05) is 262 Å². The van der Waals surface area contributed by atoms with E-state index in [4.69, 9.17) is 18.9 Å². The van der Waals surface area contributed by atoms with E-state index < -0.39 is 24.3 Å². The number of carboxylic acid groups (broad SMARTS) is 1. The Balaban J connectivity index is 4.10. The average Bonchev–Trinajstić information content (AvgIpc) is 3.38. The quantitative estimate of drug-likeness (QED) is 0.0195. The number of allylic oxidation sites excluding steroid dienone is 6. The van der Waals surface area contributed by atoms with E-state index in [9.17, 15) is 19.5 Å². The lowest BCUT2D eigenvalue weighted by Crippen LogP contribution is -2.44. The standard InChI is InChI=1S/C66H123NO8/c1-6-8-10-12-14-16-18-20-22-24-26-27-28-29-30-31-32-33-34-35-36-37-39-41-43-45-47-49-51-53-55-57-64(69)75-62(61-74-66(65(70)71)72-59-58-67(3,4)5)60-73-63(68)56-54-52-50-48-46-44-42-40-38-25-23-21-19-17-15-13-11-9-7-2/h18,20-21,23-24,26,62,66H,6-17,19,22,25,27-61H2,1-5H3/b20-18-,23-21-,26-24-. The van der Waals surface area contributed by atoms with Crippen LogP contribution in [0, 0.1) is 0 Å². The zero-order chi connectivity index (χ0) is 54.8. The summed E-state index contributed by atoms with van der Waals surface area (Å²) < 4.78 is 22.8.